The van der Waals surface area contributed by atoms with Crippen molar-refractivity contribution in [3.8, 4) is 6.07 Å². The van der Waals surface area contributed by atoms with Crippen LogP contribution in [-0.2, 0) is 17.6 Å². The molecule has 2 heterocycles. The van der Waals surface area contributed by atoms with E-state index in [-0.39, 0.29) is 18.3 Å². The third-order valence-electron chi connectivity index (χ3n) is 4.28. The van der Waals surface area contributed by atoms with E-state index in [1.165, 1.54) is 11.1 Å². The molecule has 1 amide bonds. The molecule has 0 unspecified atom stereocenters. The van der Waals surface area contributed by atoms with Crippen LogP contribution in [-0.4, -0.2) is 28.9 Å². The Morgan fingerprint density at radius 2 is 2.05 bits per heavy atom. The molecule has 0 spiro atoms. The summed E-state index contributed by atoms with van der Waals surface area (Å²) in [7, 11) is 0. The summed E-state index contributed by atoms with van der Waals surface area (Å²) >= 11 is 0. The average Bonchev–Trinajstić information content (AvgIpc) is 2.70. The molecule has 5 heteroatoms. The van der Waals surface area contributed by atoms with Gasteiger partial charge in [-0.1, -0.05) is 0 Å². The van der Waals surface area contributed by atoms with E-state index >= 15 is 0 Å². The second-order valence-electron chi connectivity index (χ2n) is 5.51. The van der Waals surface area contributed by atoms with Crippen molar-refractivity contribution in [1.82, 2.24) is 9.88 Å². The Kier molecular flexibility index (Phi) is 4.68. The predicted octanol–water partition coefficient (Wildman–Crippen LogP) is 2.78. The summed E-state index contributed by atoms with van der Waals surface area (Å²) in [5.41, 5.74) is 5.11. The van der Waals surface area contributed by atoms with E-state index in [9.17, 15) is 4.79 Å². The van der Waals surface area contributed by atoms with Crippen LogP contribution in [0.25, 0.3) is 10.9 Å². The van der Waals surface area contributed by atoms with Gasteiger partial charge in [-0.15, -0.1) is 12.4 Å². The summed E-state index contributed by atoms with van der Waals surface area (Å²) in [6.07, 6.45) is 1.63. The third-order valence-corrected chi connectivity index (χ3v) is 4.28. The lowest BCUT2D eigenvalue weighted by atomic mass is 9.97. The molecule has 1 aromatic heterocycles. The normalized spacial score (nSPS) is 13.8. The molecular formula is C17H18ClN3O. The van der Waals surface area contributed by atoms with E-state index in [0.29, 0.717) is 5.56 Å². The van der Waals surface area contributed by atoms with E-state index < -0.39 is 0 Å². The number of carbonyl (C=O) groups is 1. The Labute approximate surface area is 136 Å². The van der Waals surface area contributed by atoms with Crippen LogP contribution in [0.5, 0.6) is 0 Å². The molecule has 114 valence electrons. The zero-order chi connectivity index (χ0) is 15.0. The van der Waals surface area contributed by atoms with Gasteiger partial charge in [-0.3, -0.25) is 9.78 Å². The molecule has 0 radical (unpaired) electrons. The number of nitrogens with zero attached hydrogens (tertiary/aromatic N) is 3. The highest BCUT2D eigenvalue weighted by Gasteiger charge is 2.19. The van der Waals surface area contributed by atoms with Gasteiger partial charge in [0.1, 0.15) is 0 Å². The highest BCUT2D eigenvalue weighted by Crippen LogP contribution is 2.26. The number of amides is 1. The van der Waals surface area contributed by atoms with Crippen LogP contribution in [0.4, 0.5) is 0 Å². The minimum Gasteiger partial charge on any atom is -0.342 e. The largest absolute Gasteiger partial charge is 0.342 e. The van der Waals surface area contributed by atoms with Gasteiger partial charge in [0.2, 0.25) is 5.91 Å². The zero-order valence-electron chi connectivity index (χ0n) is 12.7. The molecule has 2 aromatic rings. The van der Waals surface area contributed by atoms with E-state index in [1.54, 1.807) is 13.0 Å². The lowest BCUT2D eigenvalue weighted by molar-refractivity contribution is -0.128. The van der Waals surface area contributed by atoms with Crippen LogP contribution in [0.1, 0.15) is 29.3 Å². The van der Waals surface area contributed by atoms with Crippen LogP contribution in [0.2, 0.25) is 0 Å². The average molecular weight is 316 g/mol. The van der Waals surface area contributed by atoms with Gasteiger partial charge in [0.25, 0.3) is 0 Å². The molecule has 0 aliphatic carbocycles. The van der Waals surface area contributed by atoms with Crippen molar-refractivity contribution in [3.63, 3.8) is 0 Å². The number of halogens is 1. The summed E-state index contributed by atoms with van der Waals surface area (Å²) in [6.45, 7) is 5.18. The van der Waals surface area contributed by atoms with Gasteiger partial charge in [-0.2, -0.15) is 5.26 Å². The molecule has 0 N–H and O–H groups in total. The van der Waals surface area contributed by atoms with Gasteiger partial charge in [0.05, 0.1) is 17.1 Å². The Balaban J connectivity index is 0.00000176. The molecule has 0 bridgehead atoms. The molecule has 0 fully saturated rings. The van der Waals surface area contributed by atoms with Crippen molar-refractivity contribution < 1.29 is 4.79 Å². The fourth-order valence-corrected chi connectivity index (χ4v) is 3.05. The van der Waals surface area contributed by atoms with E-state index in [0.717, 1.165) is 42.5 Å². The molecule has 0 saturated heterocycles. The number of benzene rings is 1. The number of carbonyl (C=O) groups excluding carboxylic acids is 1. The molecule has 1 aromatic carbocycles. The van der Waals surface area contributed by atoms with Crippen LogP contribution in [0, 0.1) is 18.3 Å². The number of fused-ring (bicyclic) bond motifs is 2. The number of pyridine rings is 1. The van der Waals surface area contributed by atoms with Gasteiger partial charge in [-0.05, 0) is 42.7 Å². The van der Waals surface area contributed by atoms with E-state index in [1.807, 2.05) is 17.0 Å². The van der Waals surface area contributed by atoms with E-state index in [4.69, 9.17) is 10.2 Å². The van der Waals surface area contributed by atoms with Crippen molar-refractivity contribution in [2.75, 3.05) is 13.1 Å². The standard InChI is InChI=1S/C17H17N3O.ClH/c1-11-14-5-7-20(12(2)21)8-6-17(14)19-16-4-3-13(10-18)9-15(11)16;/h3-4,9H,5-8H2,1-2H3;1H. The Bertz CT molecular complexity index is 780. The Hall–Kier alpha value is -2.12. The van der Waals surface area contributed by atoms with Gasteiger partial charge in [0, 0.05) is 37.5 Å². The smallest absolute Gasteiger partial charge is 0.219 e. The molecule has 22 heavy (non-hydrogen) atoms. The maximum absolute atomic E-state index is 11.6. The number of aromatic nitrogens is 1. The lowest BCUT2D eigenvalue weighted by Crippen LogP contribution is -2.31. The second kappa shape index (κ2) is 6.33. The highest BCUT2D eigenvalue weighted by atomic mass is 35.5. The first-order valence-corrected chi connectivity index (χ1v) is 7.18. The van der Waals surface area contributed by atoms with Crippen LogP contribution in [0.3, 0.4) is 0 Å². The van der Waals surface area contributed by atoms with Gasteiger partial charge >= 0.3 is 0 Å². The maximum Gasteiger partial charge on any atom is 0.219 e. The summed E-state index contributed by atoms with van der Waals surface area (Å²) in [6, 6.07) is 7.81. The van der Waals surface area contributed by atoms with E-state index in [2.05, 4.69) is 13.0 Å². The van der Waals surface area contributed by atoms with Gasteiger partial charge in [-0.25, -0.2) is 0 Å². The quantitative estimate of drug-likeness (QED) is 0.751. The topological polar surface area (TPSA) is 57.0 Å². The third kappa shape index (κ3) is 2.77. The number of rotatable bonds is 0. The number of hydrogen-bond acceptors (Lipinski definition) is 3. The van der Waals surface area contributed by atoms with Gasteiger partial charge in [0.15, 0.2) is 0 Å². The Morgan fingerprint density at radius 1 is 1.32 bits per heavy atom. The first kappa shape index (κ1) is 16.3. The predicted molar refractivity (Wildman–Crippen MR) is 88.1 cm³/mol. The molecule has 1 aliphatic heterocycles. The number of hydrogen-bond donors (Lipinski definition) is 0. The van der Waals surface area contributed by atoms with Crippen LogP contribution < -0.4 is 0 Å². The van der Waals surface area contributed by atoms with Crippen molar-refractivity contribution in [1.29, 1.82) is 5.26 Å². The number of aryl methyl sites for hydroxylation is 1. The molecule has 4 nitrogen and oxygen atoms in total. The summed E-state index contributed by atoms with van der Waals surface area (Å²) in [5.74, 6) is 0.122. The number of nitriles is 1. The minimum atomic E-state index is 0. The van der Waals surface area contributed by atoms with Crippen molar-refractivity contribution in [3.05, 3.63) is 40.6 Å². The molecule has 0 saturated carbocycles. The SMILES string of the molecule is CC(=O)N1CCc2nc3ccc(C#N)cc3c(C)c2CC1.Cl. The summed E-state index contributed by atoms with van der Waals surface area (Å²) in [5, 5.41) is 10.1. The first-order valence-electron chi connectivity index (χ1n) is 7.18. The highest BCUT2D eigenvalue weighted by molar-refractivity contribution is 5.85. The zero-order valence-corrected chi connectivity index (χ0v) is 13.5. The summed E-state index contributed by atoms with van der Waals surface area (Å²) in [4.78, 5) is 18.2. The minimum absolute atomic E-state index is 0. The molecule has 0 atom stereocenters. The van der Waals surface area contributed by atoms with Crippen molar-refractivity contribution >= 4 is 29.2 Å². The first-order chi connectivity index (χ1) is 10.1. The van der Waals surface area contributed by atoms with Crippen molar-refractivity contribution in [2.45, 2.75) is 26.7 Å². The summed E-state index contributed by atoms with van der Waals surface area (Å²) < 4.78 is 0. The lowest BCUT2D eigenvalue weighted by Gasteiger charge is -2.17. The van der Waals surface area contributed by atoms with Gasteiger partial charge < -0.3 is 4.90 Å². The monoisotopic (exact) mass is 315 g/mol. The molecule has 1 aliphatic rings. The molecular weight excluding hydrogens is 298 g/mol. The fourth-order valence-electron chi connectivity index (χ4n) is 3.05. The van der Waals surface area contributed by atoms with Crippen molar-refractivity contribution in [2.24, 2.45) is 0 Å². The fraction of sp³-hybridized carbons (Fsp3) is 0.353. The maximum atomic E-state index is 11.6. The van der Waals surface area contributed by atoms with Crippen LogP contribution >= 0.6 is 12.4 Å². The Morgan fingerprint density at radius 3 is 2.73 bits per heavy atom. The molecule has 3 rings (SSSR count). The second-order valence-corrected chi connectivity index (χ2v) is 5.51. The van der Waals surface area contributed by atoms with Crippen LogP contribution in [0.15, 0.2) is 18.2 Å².